The molecule has 3 nitrogen and oxygen atoms in total. The Kier molecular flexibility index (Phi) is 4.01. The maximum atomic E-state index is 12.4. The lowest BCUT2D eigenvalue weighted by Crippen LogP contribution is -2.30. The smallest absolute Gasteiger partial charge is 0.401 e. The lowest BCUT2D eigenvalue weighted by molar-refractivity contribution is -0.143. The monoisotopic (exact) mass is 303 g/mol. The van der Waals surface area contributed by atoms with E-state index < -0.39 is 18.7 Å². The van der Waals surface area contributed by atoms with Crippen LogP contribution in [-0.2, 0) is 6.54 Å². The number of carboxylic acids is 1. The molecular formula is C13H12F3NO2S. The maximum absolute atomic E-state index is 12.4. The molecule has 1 aromatic carbocycles. The van der Waals surface area contributed by atoms with Crippen molar-refractivity contribution in [2.24, 2.45) is 0 Å². The zero-order valence-electron chi connectivity index (χ0n) is 10.6. The molecule has 0 unspecified atom stereocenters. The minimum Gasteiger partial charge on any atom is -0.477 e. The van der Waals surface area contributed by atoms with Crippen LogP contribution >= 0.6 is 11.3 Å². The molecule has 0 bridgehead atoms. The summed E-state index contributed by atoms with van der Waals surface area (Å²) in [5.74, 6) is -1.11. The van der Waals surface area contributed by atoms with Crippen LogP contribution in [0.4, 0.5) is 13.2 Å². The number of thiophene rings is 1. The quantitative estimate of drug-likeness (QED) is 0.938. The lowest BCUT2D eigenvalue weighted by atomic mass is 10.1. The first-order chi connectivity index (χ1) is 9.28. The van der Waals surface area contributed by atoms with Crippen molar-refractivity contribution in [3.05, 3.63) is 34.7 Å². The van der Waals surface area contributed by atoms with Crippen molar-refractivity contribution in [3.63, 3.8) is 0 Å². The molecule has 1 aromatic heterocycles. The van der Waals surface area contributed by atoms with Crippen LogP contribution in [0, 0.1) is 0 Å². The van der Waals surface area contributed by atoms with Gasteiger partial charge < -0.3 is 5.11 Å². The van der Waals surface area contributed by atoms with E-state index in [-0.39, 0.29) is 11.4 Å². The van der Waals surface area contributed by atoms with E-state index in [0.29, 0.717) is 10.9 Å². The average Bonchev–Trinajstić information content (AvgIpc) is 2.66. The molecule has 0 aliphatic carbocycles. The Balaban J connectivity index is 2.37. The first kappa shape index (κ1) is 14.8. The van der Waals surface area contributed by atoms with E-state index in [2.05, 4.69) is 0 Å². The molecule has 0 atom stereocenters. The zero-order valence-corrected chi connectivity index (χ0v) is 11.4. The number of aromatic carboxylic acids is 1. The summed E-state index contributed by atoms with van der Waals surface area (Å²) in [7, 11) is 1.32. The molecule has 0 aliphatic heterocycles. The van der Waals surface area contributed by atoms with Gasteiger partial charge in [0.05, 0.1) is 6.54 Å². The van der Waals surface area contributed by atoms with Crippen LogP contribution in [0.3, 0.4) is 0 Å². The zero-order chi connectivity index (χ0) is 14.9. The second kappa shape index (κ2) is 5.41. The van der Waals surface area contributed by atoms with Gasteiger partial charge in [0.25, 0.3) is 0 Å². The molecule has 7 heteroatoms. The predicted molar refractivity (Wildman–Crippen MR) is 71.2 cm³/mol. The van der Waals surface area contributed by atoms with Crippen molar-refractivity contribution in [2.45, 2.75) is 12.7 Å². The average molecular weight is 303 g/mol. The topological polar surface area (TPSA) is 40.5 Å². The molecule has 0 aliphatic rings. The molecule has 2 aromatic rings. The molecular weight excluding hydrogens is 291 g/mol. The molecule has 0 spiro atoms. The van der Waals surface area contributed by atoms with Crippen LogP contribution in [0.1, 0.15) is 15.2 Å². The molecule has 20 heavy (non-hydrogen) atoms. The maximum Gasteiger partial charge on any atom is 0.401 e. The largest absolute Gasteiger partial charge is 0.477 e. The number of fused-ring (bicyclic) bond motifs is 1. The second-order valence-electron chi connectivity index (χ2n) is 4.50. The standard InChI is InChI=1S/C13H12F3NO2S/c1-17(7-13(14,15)16)6-9-8-4-2-3-5-10(8)20-11(9)12(18)19/h2-5H,6-7H2,1H3,(H,18,19). The van der Waals surface area contributed by atoms with Gasteiger partial charge in [-0.3, -0.25) is 4.90 Å². The summed E-state index contributed by atoms with van der Waals surface area (Å²) >= 11 is 1.08. The van der Waals surface area contributed by atoms with Crippen LogP contribution in [0.2, 0.25) is 0 Å². The van der Waals surface area contributed by atoms with Gasteiger partial charge in [-0.25, -0.2) is 4.79 Å². The number of nitrogens with zero attached hydrogens (tertiary/aromatic N) is 1. The molecule has 0 saturated heterocycles. The van der Waals surface area contributed by atoms with E-state index in [1.54, 1.807) is 24.3 Å². The number of carboxylic acid groups (broad SMARTS) is 1. The van der Waals surface area contributed by atoms with E-state index in [0.717, 1.165) is 20.9 Å². The fraction of sp³-hybridized carbons (Fsp3) is 0.308. The van der Waals surface area contributed by atoms with Gasteiger partial charge in [0.2, 0.25) is 0 Å². The first-order valence-corrected chi connectivity index (χ1v) is 6.58. The Morgan fingerprint density at radius 1 is 1.35 bits per heavy atom. The number of rotatable bonds is 4. The predicted octanol–water partition coefficient (Wildman–Crippen LogP) is 3.59. The highest BCUT2D eigenvalue weighted by molar-refractivity contribution is 7.21. The van der Waals surface area contributed by atoms with E-state index in [4.69, 9.17) is 0 Å². The molecule has 0 amide bonds. The molecule has 0 radical (unpaired) electrons. The highest BCUT2D eigenvalue weighted by Crippen LogP contribution is 2.32. The van der Waals surface area contributed by atoms with Gasteiger partial charge in [0, 0.05) is 11.2 Å². The van der Waals surface area contributed by atoms with Gasteiger partial charge >= 0.3 is 12.1 Å². The van der Waals surface area contributed by atoms with Crippen molar-refractivity contribution in [2.75, 3.05) is 13.6 Å². The Labute approximate surface area is 117 Å². The van der Waals surface area contributed by atoms with Crippen LogP contribution < -0.4 is 0 Å². The summed E-state index contributed by atoms with van der Waals surface area (Å²) in [6, 6.07) is 7.01. The van der Waals surface area contributed by atoms with E-state index in [1.165, 1.54) is 7.05 Å². The van der Waals surface area contributed by atoms with E-state index in [9.17, 15) is 23.1 Å². The minimum atomic E-state index is -4.30. The molecule has 0 saturated carbocycles. The number of carbonyl (C=O) groups is 1. The van der Waals surface area contributed by atoms with E-state index in [1.807, 2.05) is 0 Å². The number of halogens is 3. The molecule has 0 fully saturated rings. The van der Waals surface area contributed by atoms with Crippen LogP contribution in [0.5, 0.6) is 0 Å². The Morgan fingerprint density at radius 3 is 2.60 bits per heavy atom. The number of hydrogen-bond acceptors (Lipinski definition) is 3. The Morgan fingerprint density at radius 2 is 2.00 bits per heavy atom. The summed E-state index contributed by atoms with van der Waals surface area (Å²) in [5, 5.41) is 9.88. The van der Waals surface area contributed by atoms with Gasteiger partial charge in [-0.05, 0) is 24.1 Å². The molecule has 2 rings (SSSR count). The van der Waals surface area contributed by atoms with Crippen LogP contribution in [-0.4, -0.2) is 35.7 Å². The van der Waals surface area contributed by atoms with Crippen molar-refractivity contribution in [1.82, 2.24) is 4.90 Å². The Hall–Kier alpha value is -1.60. The molecule has 1 N–H and O–H groups in total. The minimum absolute atomic E-state index is 0.0504. The summed E-state index contributed by atoms with van der Waals surface area (Å²) < 4.78 is 37.8. The second-order valence-corrected chi connectivity index (χ2v) is 5.55. The van der Waals surface area contributed by atoms with Gasteiger partial charge in [-0.1, -0.05) is 18.2 Å². The number of hydrogen-bond donors (Lipinski definition) is 1. The first-order valence-electron chi connectivity index (χ1n) is 5.77. The number of alkyl halides is 3. The third-order valence-corrected chi connectivity index (χ3v) is 3.97. The van der Waals surface area contributed by atoms with Crippen LogP contribution in [0.25, 0.3) is 10.1 Å². The van der Waals surface area contributed by atoms with Crippen molar-refractivity contribution in [1.29, 1.82) is 0 Å². The highest BCUT2D eigenvalue weighted by Gasteiger charge is 2.30. The molecule has 108 valence electrons. The Bertz CT molecular complexity index is 636. The summed E-state index contributed by atoms with van der Waals surface area (Å²) in [4.78, 5) is 12.4. The van der Waals surface area contributed by atoms with Crippen LogP contribution in [0.15, 0.2) is 24.3 Å². The van der Waals surface area contributed by atoms with E-state index >= 15 is 0 Å². The summed E-state index contributed by atoms with van der Waals surface area (Å²) in [5.41, 5.74) is 0.435. The summed E-state index contributed by atoms with van der Waals surface area (Å²) in [6.45, 7) is -1.12. The van der Waals surface area contributed by atoms with Gasteiger partial charge in [0.1, 0.15) is 4.88 Å². The highest BCUT2D eigenvalue weighted by atomic mass is 32.1. The van der Waals surface area contributed by atoms with Gasteiger partial charge in [-0.15, -0.1) is 11.3 Å². The summed E-state index contributed by atoms with van der Waals surface area (Å²) in [6.07, 6.45) is -4.30. The SMILES string of the molecule is CN(Cc1c(C(=O)O)sc2ccccc12)CC(F)(F)F. The van der Waals surface area contributed by atoms with Crippen molar-refractivity contribution in [3.8, 4) is 0 Å². The molecule has 1 heterocycles. The fourth-order valence-corrected chi connectivity index (χ4v) is 3.11. The number of benzene rings is 1. The van der Waals surface area contributed by atoms with Gasteiger partial charge in [0.15, 0.2) is 0 Å². The fourth-order valence-electron chi connectivity index (χ4n) is 2.06. The van der Waals surface area contributed by atoms with Crippen molar-refractivity contribution < 1.29 is 23.1 Å². The van der Waals surface area contributed by atoms with Crippen molar-refractivity contribution >= 4 is 27.4 Å². The third kappa shape index (κ3) is 3.29. The van der Waals surface area contributed by atoms with Gasteiger partial charge in [-0.2, -0.15) is 13.2 Å². The normalized spacial score (nSPS) is 12.2. The lowest BCUT2D eigenvalue weighted by Gasteiger charge is -2.18. The third-order valence-electron chi connectivity index (χ3n) is 2.77.